The molecule has 0 heterocycles. The summed E-state index contributed by atoms with van der Waals surface area (Å²) in [7, 11) is 3.33. The molecule has 6 aromatic rings. The van der Waals surface area contributed by atoms with Gasteiger partial charge in [-0.15, -0.1) is 0 Å². The lowest BCUT2D eigenvalue weighted by atomic mass is 9.78. The third kappa shape index (κ3) is 4.97. The van der Waals surface area contributed by atoms with Gasteiger partial charge in [0.25, 0.3) is 0 Å². The molecule has 0 radical (unpaired) electrons. The average molecular weight is 554 g/mol. The zero-order chi connectivity index (χ0) is 28.3. The quantitative estimate of drug-likeness (QED) is 0.212. The Morgan fingerprint density at radius 1 is 0.537 bits per heavy atom. The molecule has 0 aliphatic heterocycles. The predicted octanol–water partition coefficient (Wildman–Crippen LogP) is 10.2. The van der Waals surface area contributed by atoms with Crippen molar-refractivity contribution in [1.82, 2.24) is 4.90 Å². The van der Waals surface area contributed by atoms with Crippen molar-refractivity contribution in [2.75, 3.05) is 14.1 Å². The number of carbonyl (C=O) groups is 1. The Bertz CT molecular complexity index is 1840. The first-order valence-corrected chi connectivity index (χ1v) is 13.9. The molecule has 41 heavy (non-hydrogen) atoms. The number of halogens is 1. The van der Waals surface area contributed by atoms with Crippen LogP contribution in [-0.4, -0.2) is 25.1 Å². The lowest BCUT2D eigenvalue weighted by Gasteiger charge is -2.26. The first-order valence-electron chi connectivity index (χ1n) is 13.5. The molecule has 1 amide bonds. The van der Waals surface area contributed by atoms with E-state index in [-0.39, 0.29) is 0 Å². The number of benzene rings is 6. The molecule has 0 aromatic heterocycles. The summed E-state index contributed by atoms with van der Waals surface area (Å²) in [5.41, 5.74) is 8.33. The number of ether oxygens (including phenoxy) is 1. The molecule has 0 N–H and O–H groups in total. The van der Waals surface area contributed by atoms with Crippen molar-refractivity contribution in [1.29, 1.82) is 0 Å². The maximum absolute atomic E-state index is 13.0. The number of carbonyl (C=O) groups excluding carboxylic acids is 1. The molecule has 4 heteroatoms. The Labute approximate surface area is 245 Å². The van der Waals surface area contributed by atoms with Gasteiger partial charge < -0.3 is 9.64 Å². The summed E-state index contributed by atoms with van der Waals surface area (Å²) in [4.78, 5) is 14.4. The van der Waals surface area contributed by atoms with Crippen molar-refractivity contribution in [3.63, 3.8) is 0 Å². The third-order valence-electron chi connectivity index (χ3n) is 7.18. The van der Waals surface area contributed by atoms with Gasteiger partial charge in [-0.3, -0.25) is 0 Å². The minimum atomic E-state index is -0.493. The average Bonchev–Trinajstić information content (AvgIpc) is 3.02. The van der Waals surface area contributed by atoms with Crippen LogP contribution in [0.2, 0.25) is 5.02 Å². The lowest BCUT2D eigenvalue weighted by molar-refractivity contribution is 0.172. The second-order valence-electron chi connectivity index (χ2n) is 10.0. The highest BCUT2D eigenvalue weighted by atomic mass is 35.5. The molecule has 6 aromatic carbocycles. The molecule has 3 nitrogen and oxygen atoms in total. The van der Waals surface area contributed by atoms with Gasteiger partial charge in [-0.05, 0) is 50.4 Å². The molecular weight excluding hydrogens is 526 g/mol. The van der Waals surface area contributed by atoms with Crippen LogP contribution in [0.1, 0.15) is 0 Å². The van der Waals surface area contributed by atoms with Gasteiger partial charge in [-0.25, -0.2) is 4.79 Å². The highest BCUT2D eigenvalue weighted by molar-refractivity contribution is 6.35. The number of hydrogen-bond donors (Lipinski definition) is 0. The monoisotopic (exact) mass is 553 g/mol. The van der Waals surface area contributed by atoms with Crippen LogP contribution in [0, 0.1) is 0 Å². The Hall–Kier alpha value is -4.86. The van der Waals surface area contributed by atoms with Crippen molar-refractivity contribution < 1.29 is 9.53 Å². The lowest BCUT2D eigenvalue weighted by Crippen LogP contribution is -2.25. The van der Waals surface area contributed by atoms with E-state index >= 15 is 0 Å². The minimum Gasteiger partial charge on any atom is -0.408 e. The molecule has 200 valence electrons. The summed E-state index contributed by atoms with van der Waals surface area (Å²) in [6, 6.07) is 45.3. The van der Waals surface area contributed by atoms with Gasteiger partial charge in [0.15, 0.2) is 5.75 Å². The zero-order valence-corrected chi connectivity index (χ0v) is 23.6. The molecule has 0 atom stereocenters. The van der Waals surface area contributed by atoms with Crippen molar-refractivity contribution >= 4 is 28.5 Å². The standard InChI is InChI=1S/C37H28ClNO2/c1-39(2)37(40)41-36-30(38)24-23-29-31(25-15-7-3-8-16-25)32(26-17-9-4-10-18-26)33(27-19-11-5-12-20-27)34(35(29)36)28-21-13-6-14-22-28/h3-24H,1-2H3. The van der Waals surface area contributed by atoms with Gasteiger partial charge in [0.2, 0.25) is 0 Å². The van der Waals surface area contributed by atoms with Crippen LogP contribution in [0.25, 0.3) is 55.3 Å². The van der Waals surface area contributed by atoms with Crippen LogP contribution in [-0.2, 0) is 0 Å². The summed E-state index contributed by atoms with van der Waals surface area (Å²) < 4.78 is 6.06. The van der Waals surface area contributed by atoms with E-state index in [0.29, 0.717) is 10.8 Å². The van der Waals surface area contributed by atoms with Crippen LogP contribution in [0.15, 0.2) is 133 Å². The Kier molecular flexibility index (Phi) is 7.28. The molecule has 0 aliphatic carbocycles. The normalized spacial score (nSPS) is 10.9. The molecule has 0 aliphatic rings. The van der Waals surface area contributed by atoms with E-state index in [2.05, 4.69) is 72.8 Å². The van der Waals surface area contributed by atoms with E-state index in [0.717, 1.165) is 55.3 Å². The smallest absolute Gasteiger partial charge is 0.408 e. The first kappa shape index (κ1) is 26.4. The van der Waals surface area contributed by atoms with E-state index in [1.165, 1.54) is 4.90 Å². The van der Waals surface area contributed by atoms with Crippen LogP contribution in [0.5, 0.6) is 5.75 Å². The Balaban J connectivity index is 1.92. The molecule has 0 saturated heterocycles. The fraction of sp³-hybridized carbons (Fsp3) is 0.0541. The fourth-order valence-electron chi connectivity index (χ4n) is 5.39. The SMILES string of the molecule is CN(C)C(=O)Oc1c(Cl)ccc2c(-c3ccccc3)c(-c3ccccc3)c(-c3ccccc3)c(-c3ccccc3)c12. The summed E-state index contributed by atoms with van der Waals surface area (Å²) in [5.74, 6) is 0.343. The first-order chi connectivity index (χ1) is 20.0. The van der Waals surface area contributed by atoms with Crippen molar-refractivity contribution in [2.45, 2.75) is 0 Å². The largest absolute Gasteiger partial charge is 0.414 e. The summed E-state index contributed by atoms with van der Waals surface area (Å²) in [5, 5.41) is 2.10. The van der Waals surface area contributed by atoms with E-state index in [9.17, 15) is 4.79 Å². The molecule has 6 rings (SSSR count). The van der Waals surface area contributed by atoms with Gasteiger partial charge in [-0.2, -0.15) is 0 Å². The third-order valence-corrected chi connectivity index (χ3v) is 7.48. The van der Waals surface area contributed by atoms with Gasteiger partial charge in [0, 0.05) is 25.0 Å². The highest BCUT2D eigenvalue weighted by Gasteiger charge is 2.27. The molecule has 0 saturated carbocycles. The maximum Gasteiger partial charge on any atom is 0.414 e. The number of fused-ring (bicyclic) bond motifs is 1. The van der Waals surface area contributed by atoms with E-state index in [1.807, 2.05) is 60.7 Å². The second kappa shape index (κ2) is 11.3. The second-order valence-corrected chi connectivity index (χ2v) is 10.4. The van der Waals surface area contributed by atoms with Crippen LogP contribution < -0.4 is 4.74 Å². The summed E-state index contributed by atoms with van der Waals surface area (Å²) >= 11 is 6.87. The Morgan fingerprint density at radius 2 is 0.927 bits per heavy atom. The van der Waals surface area contributed by atoms with E-state index in [4.69, 9.17) is 16.3 Å². The topological polar surface area (TPSA) is 29.5 Å². The van der Waals surface area contributed by atoms with E-state index in [1.54, 1.807) is 14.1 Å². The van der Waals surface area contributed by atoms with Gasteiger partial charge >= 0.3 is 6.09 Å². The van der Waals surface area contributed by atoms with Gasteiger partial charge in [0.05, 0.1) is 5.02 Å². The molecule has 0 bridgehead atoms. The number of rotatable bonds is 5. The van der Waals surface area contributed by atoms with Gasteiger partial charge in [-0.1, -0.05) is 139 Å². The fourth-order valence-corrected chi connectivity index (χ4v) is 5.58. The Morgan fingerprint density at radius 3 is 1.37 bits per heavy atom. The van der Waals surface area contributed by atoms with Crippen LogP contribution in [0.4, 0.5) is 4.79 Å². The van der Waals surface area contributed by atoms with Crippen LogP contribution in [0.3, 0.4) is 0 Å². The molecule has 0 spiro atoms. The molecular formula is C37H28ClNO2. The predicted molar refractivity (Wildman–Crippen MR) is 170 cm³/mol. The highest BCUT2D eigenvalue weighted by Crippen LogP contribution is 2.54. The van der Waals surface area contributed by atoms with E-state index < -0.39 is 6.09 Å². The van der Waals surface area contributed by atoms with Crippen molar-refractivity contribution in [2.24, 2.45) is 0 Å². The van der Waals surface area contributed by atoms with Crippen molar-refractivity contribution in [3.8, 4) is 50.3 Å². The molecule has 0 unspecified atom stereocenters. The molecule has 0 fully saturated rings. The zero-order valence-electron chi connectivity index (χ0n) is 22.8. The van der Waals surface area contributed by atoms with Gasteiger partial charge in [0.1, 0.15) is 0 Å². The van der Waals surface area contributed by atoms with Crippen molar-refractivity contribution in [3.05, 3.63) is 138 Å². The summed E-state index contributed by atoms with van der Waals surface area (Å²) in [6.07, 6.45) is -0.493. The number of hydrogen-bond acceptors (Lipinski definition) is 2. The minimum absolute atomic E-state index is 0.343. The number of amides is 1. The number of nitrogens with zero attached hydrogens (tertiary/aromatic N) is 1. The summed E-state index contributed by atoms with van der Waals surface area (Å²) in [6.45, 7) is 0. The van der Waals surface area contributed by atoms with Crippen LogP contribution >= 0.6 is 11.6 Å². The maximum atomic E-state index is 13.0.